The first-order valence-electron chi connectivity index (χ1n) is 10.4. The van der Waals surface area contributed by atoms with Crippen molar-refractivity contribution in [3.05, 3.63) is 41.4 Å². The van der Waals surface area contributed by atoms with Gasteiger partial charge in [-0.1, -0.05) is 23.7 Å². The van der Waals surface area contributed by atoms with Crippen molar-refractivity contribution >= 4 is 36.0 Å². The predicted octanol–water partition coefficient (Wildman–Crippen LogP) is 3.12. The molecule has 1 saturated heterocycles. The molecule has 2 atom stereocenters. The quantitative estimate of drug-likeness (QED) is 0.375. The monoisotopic (exact) mass is 474 g/mol. The van der Waals surface area contributed by atoms with Crippen LogP contribution in [0, 0.1) is 0 Å². The highest BCUT2D eigenvalue weighted by Crippen LogP contribution is 2.25. The zero-order chi connectivity index (χ0) is 24.0. The Hall–Kier alpha value is -3.40. The lowest BCUT2D eigenvalue weighted by Gasteiger charge is -2.27. The number of hydrazone groups is 1. The molecule has 0 unspecified atom stereocenters. The second kappa shape index (κ2) is 10.5. The van der Waals surface area contributed by atoms with E-state index in [4.69, 9.17) is 26.6 Å². The van der Waals surface area contributed by atoms with Gasteiger partial charge >= 0.3 is 12.0 Å². The van der Waals surface area contributed by atoms with Gasteiger partial charge < -0.3 is 25.2 Å². The van der Waals surface area contributed by atoms with Crippen LogP contribution in [0.3, 0.4) is 0 Å². The van der Waals surface area contributed by atoms with E-state index in [0.29, 0.717) is 29.3 Å². The molecule has 2 amide bonds. The first-order chi connectivity index (χ1) is 15.7. The lowest BCUT2D eigenvalue weighted by molar-refractivity contribution is 0.0229. The number of aromatic nitrogens is 1. The zero-order valence-corrected chi connectivity index (χ0v) is 19.5. The fraction of sp³-hybridized carbons (Fsp3) is 0.409. The van der Waals surface area contributed by atoms with Crippen molar-refractivity contribution in [2.24, 2.45) is 15.9 Å². The molecule has 0 bridgehead atoms. The number of hydrogen-bond acceptors (Lipinski definition) is 8. The molecule has 0 spiro atoms. The normalized spacial score (nSPS) is 18.8. The summed E-state index contributed by atoms with van der Waals surface area (Å²) in [5, 5.41) is 6.79. The third-order valence-corrected chi connectivity index (χ3v) is 5.00. The van der Waals surface area contributed by atoms with Gasteiger partial charge in [-0.15, -0.1) is 0 Å². The van der Waals surface area contributed by atoms with Crippen LogP contribution < -0.4 is 11.2 Å². The van der Waals surface area contributed by atoms with Gasteiger partial charge in [0.15, 0.2) is 5.76 Å². The van der Waals surface area contributed by atoms with E-state index in [1.54, 1.807) is 43.9 Å². The minimum atomic E-state index is -0.646. The van der Waals surface area contributed by atoms with Gasteiger partial charge in [-0.2, -0.15) is 5.10 Å². The van der Waals surface area contributed by atoms with Gasteiger partial charge in [0, 0.05) is 29.4 Å². The molecule has 33 heavy (non-hydrogen) atoms. The summed E-state index contributed by atoms with van der Waals surface area (Å²) in [7, 11) is 0. The minimum absolute atomic E-state index is 0.0746. The summed E-state index contributed by atoms with van der Waals surface area (Å²) in [5.41, 5.74) is 0.0674. The van der Waals surface area contributed by atoms with E-state index >= 15 is 0 Å². The summed E-state index contributed by atoms with van der Waals surface area (Å²) in [5.74, 6) is 4.95. The van der Waals surface area contributed by atoms with Gasteiger partial charge in [-0.25, -0.2) is 9.78 Å². The van der Waals surface area contributed by atoms with Crippen molar-refractivity contribution in [1.82, 2.24) is 15.2 Å². The Balaban J connectivity index is 1.68. The number of nitrogens with one attached hydrogen (secondary N) is 1. The summed E-state index contributed by atoms with van der Waals surface area (Å²) >= 11 is 6.02. The third-order valence-electron chi connectivity index (χ3n) is 4.76. The van der Waals surface area contributed by atoms with Crippen molar-refractivity contribution in [3.8, 4) is 11.3 Å². The van der Waals surface area contributed by atoms with E-state index in [1.807, 2.05) is 6.07 Å². The molecule has 2 aromatic rings. The molecule has 11 heteroatoms. The highest BCUT2D eigenvalue weighted by atomic mass is 35.5. The number of amides is 2. The molecule has 0 radical (unpaired) electrons. The maximum absolute atomic E-state index is 12.7. The van der Waals surface area contributed by atoms with Crippen LogP contribution in [0.2, 0.25) is 5.02 Å². The maximum atomic E-state index is 12.7. The zero-order valence-electron chi connectivity index (χ0n) is 18.7. The van der Waals surface area contributed by atoms with Crippen LogP contribution in [0.4, 0.5) is 4.79 Å². The molecule has 0 saturated carbocycles. The van der Waals surface area contributed by atoms with Crippen molar-refractivity contribution in [2.75, 3.05) is 13.1 Å². The number of carbonyl (C=O) groups is 2. The van der Waals surface area contributed by atoms with E-state index in [1.165, 1.54) is 18.6 Å². The number of carbonyl (C=O) groups excluding carboxylic acids is 2. The van der Waals surface area contributed by atoms with Crippen molar-refractivity contribution in [3.63, 3.8) is 0 Å². The Kier molecular flexibility index (Phi) is 7.70. The molecule has 2 heterocycles. The van der Waals surface area contributed by atoms with Gasteiger partial charge in [-0.05, 0) is 39.3 Å². The van der Waals surface area contributed by atoms with Crippen LogP contribution in [-0.4, -0.2) is 65.1 Å². The summed E-state index contributed by atoms with van der Waals surface area (Å²) in [6, 6.07) is 6.47. The van der Waals surface area contributed by atoms with Gasteiger partial charge in [-0.3, -0.25) is 9.79 Å². The largest absolute Gasteiger partial charge is 0.444 e. The highest BCUT2D eigenvalue weighted by molar-refractivity contribution is 6.30. The number of nitrogens with zero attached hydrogens (tertiary/aromatic N) is 4. The molecular formula is C22H27ClN6O4. The molecule has 1 fully saturated rings. The second-order valence-corrected chi connectivity index (χ2v) is 8.98. The number of oxazole rings is 1. The number of nitrogens with two attached hydrogens (primary N) is 1. The van der Waals surface area contributed by atoms with Crippen LogP contribution in [0.15, 0.2) is 45.0 Å². The average molecular weight is 475 g/mol. The van der Waals surface area contributed by atoms with Gasteiger partial charge in [0.2, 0.25) is 0 Å². The lowest BCUT2D eigenvalue weighted by Crippen LogP contribution is -2.42. The number of benzene rings is 1. The van der Waals surface area contributed by atoms with Crippen molar-refractivity contribution in [1.29, 1.82) is 0 Å². The summed E-state index contributed by atoms with van der Waals surface area (Å²) in [6.07, 6.45) is 4.31. The molecule has 1 aliphatic rings. The van der Waals surface area contributed by atoms with Crippen LogP contribution >= 0.6 is 11.6 Å². The topological polar surface area (TPSA) is 135 Å². The molecule has 10 nitrogen and oxygen atoms in total. The SMILES string of the molecule is CC(C)(C)OC(=O)N1C[C@H](NC(=O)c2ncc(-c3cccc(Cl)c3)o2)C[C@H]1CN=C/C=N\N. The first-order valence-corrected chi connectivity index (χ1v) is 10.8. The van der Waals surface area contributed by atoms with Gasteiger partial charge in [0.05, 0.1) is 25.0 Å². The molecule has 0 aliphatic carbocycles. The number of likely N-dealkylation sites (tertiary alicyclic amines) is 1. The van der Waals surface area contributed by atoms with E-state index in [2.05, 4.69) is 20.4 Å². The van der Waals surface area contributed by atoms with E-state index < -0.39 is 17.6 Å². The number of rotatable bonds is 6. The summed E-state index contributed by atoms with van der Waals surface area (Å²) < 4.78 is 11.1. The molecule has 3 rings (SSSR count). The number of hydrogen-bond donors (Lipinski definition) is 2. The molecule has 1 aliphatic heterocycles. The Morgan fingerprint density at radius 3 is 2.88 bits per heavy atom. The Labute approximate surface area is 196 Å². The smallest absolute Gasteiger partial charge is 0.410 e. The Morgan fingerprint density at radius 2 is 2.18 bits per heavy atom. The third kappa shape index (κ3) is 6.79. The maximum Gasteiger partial charge on any atom is 0.410 e. The molecule has 176 valence electrons. The minimum Gasteiger partial charge on any atom is -0.444 e. The van der Waals surface area contributed by atoms with E-state index in [9.17, 15) is 9.59 Å². The van der Waals surface area contributed by atoms with Gasteiger partial charge in [0.25, 0.3) is 5.89 Å². The van der Waals surface area contributed by atoms with Crippen LogP contribution in [-0.2, 0) is 4.74 Å². The van der Waals surface area contributed by atoms with E-state index in [0.717, 1.165) is 0 Å². The number of ether oxygens (including phenoxy) is 1. The number of aliphatic imine (C=N–C) groups is 1. The van der Waals surface area contributed by atoms with E-state index in [-0.39, 0.29) is 24.5 Å². The Bertz CT molecular complexity index is 1050. The summed E-state index contributed by atoms with van der Waals surface area (Å²) in [6.45, 7) is 5.98. The average Bonchev–Trinajstić information content (AvgIpc) is 3.38. The first kappa shape index (κ1) is 24.2. The summed E-state index contributed by atoms with van der Waals surface area (Å²) in [4.78, 5) is 35.3. The fourth-order valence-electron chi connectivity index (χ4n) is 3.41. The molecular weight excluding hydrogens is 448 g/mol. The van der Waals surface area contributed by atoms with Crippen LogP contribution in [0.5, 0.6) is 0 Å². The molecule has 1 aromatic carbocycles. The highest BCUT2D eigenvalue weighted by Gasteiger charge is 2.38. The lowest BCUT2D eigenvalue weighted by atomic mass is 10.1. The van der Waals surface area contributed by atoms with Crippen molar-refractivity contribution in [2.45, 2.75) is 44.9 Å². The number of halogens is 1. The Morgan fingerprint density at radius 1 is 1.39 bits per heavy atom. The van der Waals surface area contributed by atoms with Crippen LogP contribution in [0.25, 0.3) is 11.3 Å². The van der Waals surface area contributed by atoms with Crippen LogP contribution in [0.1, 0.15) is 37.9 Å². The predicted molar refractivity (Wildman–Crippen MR) is 126 cm³/mol. The van der Waals surface area contributed by atoms with Gasteiger partial charge in [0.1, 0.15) is 5.60 Å². The molecule has 3 N–H and O–H groups in total. The van der Waals surface area contributed by atoms with Crippen molar-refractivity contribution < 1.29 is 18.7 Å². The standard InChI is InChI=1S/C22H27ClN6O4/c1-22(2,3)33-21(31)29-13-16(10-17(29)11-25-7-8-27-24)28-19(30)20-26-12-18(32-20)14-5-4-6-15(23)9-14/h4-9,12,16-17H,10-11,13,24H2,1-3H3,(H,28,30)/b25-7?,27-8-/t16-,17+/m1/s1. The second-order valence-electron chi connectivity index (χ2n) is 8.54. The molecule has 1 aromatic heterocycles. The fourth-order valence-corrected chi connectivity index (χ4v) is 3.60.